The molecule has 0 aliphatic carbocycles. The molecular weight excluding hydrogens is 316 g/mol. The molecule has 132 valence electrons. The zero-order valence-corrected chi connectivity index (χ0v) is 14.7. The van der Waals surface area contributed by atoms with E-state index in [0.29, 0.717) is 13.0 Å². The van der Waals surface area contributed by atoms with Crippen LogP contribution >= 0.6 is 0 Å². The Labute approximate surface area is 147 Å². The Morgan fingerprint density at radius 2 is 2.12 bits per heavy atom. The van der Waals surface area contributed by atoms with E-state index in [-0.39, 0.29) is 17.7 Å². The molecule has 3 rings (SSSR count). The molecule has 2 amide bonds. The lowest BCUT2D eigenvalue weighted by molar-refractivity contribution is -0.127. The number of carbonyl (C=O) groups is 2. The number of aromatic nitrogens is 2. The van der Waals surface area contributed by atoms with Crippen LogP contribution in [0.5, 0.6) is 0 Å². The van der Waals surface area contributed by atoms with Crippen molar-refractivity contribution in [1.82, 2.24) is 15.1 Å². The summed E-state index contributed by atoms with van der Waals surface area (Å²) in [5, 5.41) is 7.07. The molecule has 0 saturated carbocycles. The molecule has 2 atom stereocenters. The number of hydrogen-bond acceptors (Lipinski definition) is 3. The van der Waals surface area contributed by atoms with Crippen LogP contribution in [-0.2, 0) is 16.6 Å². The van der Waals surface area contributed by atoms with E-state index >= 15 is 0 Å². The van der Waals surface area contributed by atoms with E-state index in [9.17, 15) is 9.59 Å². The van der Waals surface area contributed by atoms with Gasteiger partial charge in [0, 0.05) is 19.8 Å². The van der Waals surface area contributed by atoms with Crippen molar-refractivity contribution in [3.8, 4) is 0 Å². The van der Waals surface area contributed by atoms with Gasteiger partial charge in [-0.25, -0.2) is 0 Å². The van der Waals surface area contributed by atoms with Gasteiger partial charge in [-0.05, 0) is 18.4 Å². The van der Waals surface area contributed by atoms with Crippen LogP contribution in [0, 0.1) is 0 Å². The number of carbonyl (C=O) groups excluding carboxylic acids is 2. The molecule has 0 radical (unpaired) electrons. The minimum absolute atomic E-state index is 0.0651. The quantitative estimate of drug-likeness (QED) is 0.877. The lowest BCUT2D eigenvalue weighted by Crippen LogP contribution is -2.43. The minimum Gasteiger partial charge on any atom is -0.344 e. The Morgan fingerprint density at radius 3 is 2.76 bits per heavy atom. The molecule has 1 N–H and O–H groups in total. The standard InChI is InChI=1S/C19H24N4O2/c1-3-7-16(14-8-5-4-6-9-14)18(24)21-17-10-11-23(19(17)25)15-12-20-22(2)13-15/h4-6,8-9,12-13,16-17H,3,7,10-11H2,1-2H3,(H,21,24)/t16-,17-/m1/s1. The Kier molecular flexibility index (Phi) is 5.16. The van der Waals surface area contributed by atoms with Gasteiger partial charge in [0.1, 0.15) is 6.04 Å². The maximum absolute atomic E-state index is 12.8. The molecule has 6 heteroatoms. The highest BCUT2D eigenvalue weighted by molar-refractivity contribution is 6.01. The summed E-state index contributed by atoms with van der Waals surface area (Å²) in [6, 6.07) is 9.30. The molecule has 2 aromatic rings. The van der Waals surface area contributed by atoms with Crippen LogP contribution in [0.1, 0.15) is 37.7 Å². The van der Waals surface area contributed by atoms with E-state index in [0.717, 1.165) is 24.1 Å². The van der Waals surface area contributed by atoms with Crippen LogP contribution in [0.4, 0.5) is 5.69 Å². The lowest BCUT2D eigenvalue weighted by atomic mass is 9.93. The van der Waals surface area contributed by atoms with Gasteiger partial charge in [0.25, 0.3) is 0 Å². The molecule has 1 aliphatic rings. The van der Waals surface area contributed by atoms with Gasteiger partial charge >= 0.3 is 0 Å². The predicted molar refractivity (Wildman–Crippen MR) is 96.2 cm³/mol. The summed E-state index contributed by atoms with van der Waals surface area (Å²) < 4.78 is 1.67. The number of aryl methyl sites for hydroxylation is 1. The highest BCUT2D eigenvalue weighted by atomic mass is 16.2. The molecule has 25 heavy (non-hydrogen) atoms. The Balaban J connectivity index is 1.68. The molecule has 0 unspecified atom stereocenters. The van der Waals surface area contributed by atoms with Crippen LogP contribution in [0.2, 0.25) is 0 Å². The molecule has 1 fully saturated rings. The fourth-order valence-electron chi connectivity index (χ4n) is 3.31. The predicted octanol–water partition coefficient (Wildman–Crippen LogP) is 2.23. The number of benzene rings is 1. The fourth-order valence-corrected chi connectivity index (χ4v) is 3.31. The number of anilines is 1. The molecule has 2 heterocycles. The van der Waals surface area contributed by atoms with Gasteiger partial charge in [0.05, 0.1) is 17.8 Å². The van der Waals surface area contributed by atoms with Crippen molar-refractivity contribution in [3.63, 3.8) is 0 Å². The van der Waals surface area contributed by atoms with Crippen molar-refractivity contribution in [2.45, 2.75) is 38.1 Å². The summed E-state index contributed by atoms with van der Waals surface area (Å²) >= 11 is 0. The summed E-state index contributed by atoms with van der Waals surface area (Å²) in [6.07, 6.45) is 5.78. The highest BCUT2D eigenvalue weighted by Gasteiger charge is 2.35. The molecule has 1 aliphatic heterocycles. The normalized spacial score (nSPS) is 18.4. The van der Waals surface area contributed by atoms with Gasteiger partial charge < -0.3 is 10.2 Å². The minimum atomic E-state index is -0.462. The third-order valence-electron chi connectivity index (χ3n) is 4.62. The Morgan fingerprint density at radius 1 is 1.36 bits per heavy atom. The average Bonchev–Trinajstić information content (AvgIpc) is 3.19. The monoisotopic (exact) mass is 340 g/mol. The first-order valence-corrected chi connectivity index (χ1v) is 8.75. The van der Waals surface area contributed by atoms with Crippen LogP contribution in [0.25, 0.3) is 0 Å². The summed E-state index contributed by atoms with van der Waals surface area (Å²) in [5.41, 5.74) is 1.77. The van der Waals surface area contributed by atoms with Crippen LogP contribution in [0.3, 0.4) is 0 Å². The van der Waals surface area contributed by atoms with Crippen molar-refractivity contribution in [3.05, 3.63) is 48.3 Å². The van der Waals surface area contributed by atoms with Crippen molar-refractivity contribution in [2.24, 2.45) is 7.05 Å². The first-order chi connectivity index (χ1) is 12.1. The first-order valence-electron chi connectivity index (χ1n) is 8.75. The summed E-state index contributed by atoms with van der Waals surface area (Å²) in [7, 11) is 1.82. The number of nitrogens with one attached hydrogen (secondary N) is 1. The smallest absolute Gasteiger partial charge is 0.249 e. The first kappa shape index (κ1) is 17.2. The molecule has 1 saturated heterocycles. The fraction of sp³-hybridized carbons (Fsp3) is 0.421. The third-order valence-corrected chi connectivity index (χ3v) is 4.62. The SMILES string of the molecule is CCC[C@@H](C(=O)N[C@@H]1CCN(c2cnn(C)c2)C1=O)c1ccccc1. The zero-order valence-electron chi connectivity index (χ0n) is 14.7. The van der Waals surface area contributed by atoms with E-state index in [1.807, 2.05) is 43.6 Å². The lowest BCUT2D eigenvalue weighted by Gasteiger charge is -2.20. The van der Waals surface area contributed by atoms with E-state index in [2.05, 4.69) is 17.3 Å². The number of amides is 2. The van der Waals surface area contributed by atoms with E-state index < -0.39 is 6.04 Å². The topological polar surface area (TPSA) is 67.2 Å². The molecular formula is C19H24N4O2. The number of nitrogens with zero attached hydrogens (tertiary/aromatic N) is 3. The Bertz CT molecular complexity index is 741. The second-order valence-electron chi connectivity index (χ2n) is 6.46. The van der Waals surface area contributed by atoms with Crippen LogP contribution < -0.4 is 10.2 Å². The summed E-state index contributed by atoms with van der Waals surface area (Å²) in [5.74, 6) is -0.351. The second-order valence-corrected chi connectivity index (χ2v) is 6.46. The molecule has 1 aromatic heterocycles. The summed E-state index contributed by atoms with van der Waals surface area (Å²) in [6.45, 7) is 2.66. The average molecular weight is 340 g/mol. The number of hydrogen-bond donors (Lipinski definition) is 1. The maximum atomic E-state index is 12.8. The van der Waals surface area contributed by atoms with E-state index in [4.69, 9.17) is 0 Å². The molecule has 0 spiro atoms. The van der Waals surface area contributed by atoms with Crippen molar-refractivity contribution >= 4 is 17.5 Å². The van der Waals surface area contributed by atoms with Crippen molar-refractivity contribution in [1.29, 1.82) is 0 Å². The van der Waals surface area contributed by atoms with Crippen molar-refractivity contribution in [2.75, 3.05) is 11.4 Å². The number of rotatable bonds is 6. The largest absolute Gasteiger partial charge is 0.344 e. The second kappa shape index (κ2) is 7.51. The van der Waals surface area contributed by atoms with Crippen molar-refractivity contribution < 1.29 is 9.59 Å². The molecule has 6 nitrogen and oxygen atoms in total. The zero-order chi connectivity index (χ0) is 17.8. The maximum Gasteiger partial charge on any atom is 0.249 e. The Hall–Kier alpha value is -2.63. The van der Waals surface area contributed by atoms with Crippen LogP contribution in [0.15, 0.2) is 42.7 Å². The van der Waals surface area contributed by atoms with Gasteiger partial charge in [-0.15, -0.1) is 0 Å². The van der Waals surface area contributed by atoms with E-state index in [1.54, 1.807) is 15.8 Å². The van der Waals surface area contributed by atoms with Crippen LogP contribution in [-0.4, -0.2) is 34.2 Å². The molecule has 1 aromatic carbocycles. The van der Waals surface area contributed by atoms with Gasteiger partial charge in [0.15, 0.2) is 0 Å². The van der Waals surface area contributed by atoms with Gasteiger partial charge in [-0.1, -0.05) is 43.7 Å². The summed E-state index contributed by atoms with van der Waals surface area (Å²) in [4.78, 5) is 27.1. The van der Waals surface area contributed by atoms with Gasteiger partial charge in [-0.2, -0.15) is 5.10 Å². The third kappa shape index (κ3) is 3.73. The van der Waals surface area contributed by atoms with Gasteiger partial charge in [0.2, 0.25) is 11.8 Å². The highest BCUT2D eigenvalue weighted by Crippen LogP contribution is 2.24. The van der Waals surface area contributed by atoms with E-state index in [1.165, 1.54) is 0 Å². The van der Waals surface area contributed by atoms with Gasteiger partial charge in [-0.3, -0.25) is 14.3 Å². The molecule has 0 bridgehead atoms.